The Hall–Kier alpha value is -4.16. The SMILES string of the molecule is COc1ccc(Oc2ccc(S(=O)(=O)c3ccc(C)cc3)cc2)cc1C(=O)/C=C/c1ccccc1. The first-order valence-corrected chi connectivity index (χ1v) is 12.4. The third kappa shape index (κ3) is 5.67. The second kappa shape index (κ2) is 10.4. The van der Waals surface area contributed by atoms with Crippen molar-refractivity contribution < 1.29 is 22.7 Å². The quantitative estimate of drug-likeness (QED) is 0.210. The first-order valence-electron chi connectivity index (χ1n) is 10.9. The van der Waals surface area contributed by atoms with Gasteiger partial charge in [-0.05, 0) is 73.2 Å². The third-order valence-corrected chi connectivity index (χ3v) is 7.15. The number of ether oxygens (including phenoxy) is 2. The summed E-state index contributed by atoms with van der Waals surface area (Å²) in [6.45, 7) is 1.90. The van der Waals surface area contributed by atoms with Crippen LogP contribution in [0, 0.1) is 6.92 Å². The lowest BCUT2D eigenvalue weighted by atomic mass is 10.1. The molecule has 0 aromatic heterocycles. The molecule has 0 atom stereocenters. The van der Waals surface area contributed by atoms with E-state index in [1.54, 1.807) is 60.7 Å². The van der Waals surface area contributed by atoms with Crippen LogP contribution in [0.15, 0.2) is 113 Å². The first kappa shape index (κ1) is 24.0. The van der Waals surface area contributed by atoms with Crippen molar-refractivity contribution in [3.05, 3.63) is 120 Å². The van der Waals surface area contributed by atoms with Gasteiger partial charge in [0.15, 0.2) is 5.78 Å². The van der Waals surface area contributed by atoms with Crippen molar-refractivity contribution in [2.24, 2.45) is 0 Å². The van der Waals surface area contributed by atoms with Crippen molar-refractivity contribution in [3.63, 3.8) is 0 Å². The second-order valence-corrected chi connectivity index (χ2v) is 9.81. The molecule has 35 heavy (non-hydrogen) atoms. The fourth-order valence-electron chi connectivity index (χ4n) is 3.45. The highest BCUT2D eigenvalue weighted by atomic mass is 32.2. The molecule has 0 saturated carbocycles. The van der Waals surface area contributed by atoms with Gasteiger partial charge < -0.3 is 9.47 Å². The van der Waals surface area contributed by atoms with E-state index in [0.29, 0.717) is 22.8 Å². The number of hydrogen-bond acceptors (Lipinski definition) is 5. The lowest BCUT2D eigenvalue weighted by Crippen LogP contribution is -2.02. The van der Waals surface area contributed by atoms with Crippen LogP contribution >= 0.6 is 0 Å². The molecule has 0 bridgehead atoms. The molecule has 0 saturated heterocycles. The Bertz CT molecular complexity index is 1450. The zero-order valence-corrected chi connectivity index (χ0v) is 20.2. The normalized spacial score (nSPS) is 11.4. The van der Waals surface area contributed by atoms with Crippen molar-refractivity contribution in [1.29, 1.82) is 0 Å². The molecule has 0 fully saturated rings. The highest BCUT2D eigenvalue weighted by molar-refractivity contribution is 7.91. The van der Waals surface area contributed by atoms with Crippen LogP contribution in [0.1, 0.15) is 21.5 Å². The predicted molar refractivity (Wildman–Crippen MR) is 136 cm³/mol. The van der Waals surface area contributed by atoms with Crippen molar-refractivity contribution in [1.82, 2.24) is 0 Å². The molecule has 0 radical (unpaired) electrons. The second-order valence-electron chi connectivity index (χ2n) is 7.86. The Kier molecular flexibility index (Phi) is 7.13. The van der Waals surface area contributed by atoms with Crippen LogP contribution in [0.5, 0.6) is 17.2 Å². The molecule has 4 aromatic rings. The fraction of sp³-hybridized carbons (Fsp3) is 0.0690. The number of carbonyl (C=O) groups is 1. The molecule has 6 heteroatoms. The molecule has 0 aliphatic heterocycles. The van der Waals surface area contributed by atoms with Gasteiger partial charge in [0.2, 0.25) is 9.84 Å². The van der Waals surface area contributed by atoms with Gasteiger partial charge in [-0.3, -0.25) is 4.79 Å². The summed E-state index contributed by atoms with van der Waals surface area (Å²) in [5.41, 5.74) is 2.25. The molecule has 0 heterocycles. The van der Waals surface area contributed by atoms with Crippen LogP contribution in [0.4, 0.5) is 0 Å². The molecule has 5 nitrogen and oxygen atoms in total. The lowest BCUT2D eigenvalue weighted by Gasteiger charge is -2.11. The summed E-state index contributed by atoms with van der Waals surface area (Å²) in [5, 5.41) is 0. The smallest absolute Gasteiger partial charge is 0.206 e. The zero-order valence-electron chi connectivity index (χ0n) is 19.3. The summed E-state index contributed by atoms with van der Waals surface area (Å²) in [4.78, 5) is 13.2. The van der Waals surface area contributed by atoms with Gasteiger partial charge in [0, 0.05) is 0 Å². The topological polar surface area (TPSA) is 69.7 Å². The molecule has 0 unspecified atom stereocenters. The number of benzene rings is 4. The monoisotopic (exact) mass is 484 g/mol. The van der Waals surface area contributed by atoms with E-state index in [1.807, 2.05) is 37.3 Å². The number of allylic oxidation sites excluding steroid dienone is 1. The zero-order chi connectivity index (χ0) is 24.8. The molecule has 0 aliphatic carbocycles. The summed E-state index contributed by atoms with van der Waals surface area (Å²) >= 11 is 0. The van der Waals surface area contributed by atoms with E-state index < -0.39 is 9.84 Å². The molecule has 0 N–H and O–H groups in total. The molecule has 4 rings (SSSR count). The van der Waals surface area contributed by atoms with E-state index in [9.17, 15) is 13.2 Å². The largest absolute Gasteiger partial charge is 0.496 e. The molecule has 176 valence electrons. The summed E-state index contributed by atoms with van der Waals surface area (Å²) in [6, 6.07) is 27.4. The van der Waals surface area contributed by atoms with Gasteiger partial charge in [0.1, 0.15) is 17.2 Å². The first-order chi connectivity index (χ1) is 16.9. The number of methoxy groups -OCH3 is 1. The van der Waals surface area contributed by atoms with Gasteiger partial charge in [-0.15, -0.1) is 0 Å². The van der Waals surface area contributed by atoms with Crippen LogP contribution < -0.4 is 9.47 Å². The van der Waals surface area contributed by atoms with E-state index in [2.05, 4.69) is 0 Å². The van der Waals surface area contributed by atoms with E-state index >= 15 is 0 Å². The van der Waals surface area contributed by atoms with Gasteiger partial charge in [0.05, 0.1) is 22.5 Å². The number of rotatable bonds is 8. The van der Waals surface area contributed by atoms with Crippen molar-refractivity contribution >= 4 is 21.7 Å². The maximum absolute atomic E-state index is 12.9. The third-order valence-electron chi connectivity index (χ3n) is 5.36. The number of carbonyl (C=O) groups excluding carboxylic acids is 1. The summed E-state index contributed by atoms with van der Waals surface area (Å²) in [6.07, 6.45) is 3.23. The van der Waals surface area contributed by atoms with Crippen molar-refractivity contribution in [2.75, 3.05) is 7.11 Å². The van der Waals surface area contributed by atoms with Crippen LogP contribution in [0.2, 0.25) is 0 Å². The van der Waals surface area contributed by atoms with Crippen molar-refractivity contribution in [2.45, 2.75) is 16.7 Å². The summed E-state index contributed by atoms with van der Waals surface area (Å²) in [5.74, 6) is 1.07. The van der Waals surface area contributed by atoms with Crippen LogP contribution in [0.3, 0.4) is 0 Å². The minimum absolute atomic E-state index is 0.172. The highest BCUT2D eigenvalue weighted by Gasteiger charge is 2.18. The van der Waals surface area contributed by atoms with E-state index in [0.717, 1.165) is 11.1 Å². The Balaban J connectivity index is 1.54. The highest BCUT2D eigenvalue weighted by Crippen LogP contribution is 2.30. The number of sulfone groups is 1. The summed E-state index contributed by atoms with van der Waals surface area (Å²) < 4.78 is 37.0. The average Bonchev–Trinajstić information content (AvgIpc) is 2.88. The van der Waals surface area contributed by atoms with Crippen LogP contribution in [-0.2, 0) is 9.84 Å². The molecular weight excluding hydrogens is 460 g/mol. The van der Waals surface area contributed by atoms with Gasteiger partial charge in [-0.25, -0.2) is 8.42 Å². The van der Waals surface area contributed by atoms with E-state index in [4.69, 9.17) is 9.47 Å². The van der Waals surface area contributed by atoms with Crippen LogP contribution in [0.25, 0.3) is 6.08 Å². The van der Waals surface area contributed by atoms with Crippen LogP contribution in [-0.4, -0.2) is 21.3 Å². The van der Waals surface area contributed by atoms with E-state index in [1.165, 1.54) is 25.3 Å². The lowest BCUT2D eigenvalue weighted by molar-refractivity contribution is 0.104. The van der Waals surface area contributed by atoms with Gasteiger partial charge in [-0.2, -0.15) is 0 Å². The Morgan fingerprint density at radius 3 is 2.00 bits per heavy atom. The number of ketones is 1. The Labute approximate surface area is 205 Å². The van der Waals surface area contributed by atoms with E-state index in [-0.39, 0.29) is 15.6 Å². The van der Waals surface area contributed by atoms with Gasteiger partial charge >= 0.3 is 0 Å². The average molecular weight is 485 g/mol. The number of hydrogen-bond donors (Lipinski definition) is 0. The predicted octanol–water partition coefficient (Wildman–Crippen LogP) is 6.52. The molecule has 0 spiro atoms. The van der Waals surface area contributed by atoms with Gasteiger partial charge in [-0.1, -0.05) is 54.1 Å². The maximum Gasteiger partial charge on any atom is 0.206 e. The molecule has 0 amide bonds. The maximum atomic E-state index is 12.9. The minimum atomic E-state index is -3.63. The molecule has 4 aromatic carbocycles. The fourth-order valence-corrected chi connectivity index (χ4v) is 4.71. The number of aryl methyl sites for hydroxylation is 1. The molecular formula is C29H24O5S. The standard InChI is InChI=1S/C29H24O5S/c1-21-8-14-25(15-9-21)35(31,32)26-16-11-23(12-17-26)34-24-13-19-29(33-2)27(20-24)28(30)18-10-22-6-4-3-5-7-22/h3-20H,1-2H3/b18-10+. The molecule has 0 aliphatic rings. The summed E-state index contributed by atoms with van der Waals surface area (Å²) in [7, 11) is -2.13. The Morgan fingerprint density at radius 1 is 0.771 bits per heavy atom. The van der Waals surface area contributed by atoms with Gasteiger partial charge in [0.25, 0.3) is 0 Å². The minimum Gasteiger partial charge on any atom is -0.496 e. The Morgan fingerprint density at radius 2 is 1.37 bits per heavy atom. The van der Waals surface area contributed by atoms with Crippen molar-refractivity contribution in [3.8, 4) is 17.2 Å².